The van der Waals surface area contributed by atoms with Gasteiger partial charge in [0.25, 0.3) is 0 Å². The zero-order chi connectivity index (χ0) is 19.3. The SMILES string of the molecule is CCCCCCCCCCC(=O)OC(CO)COCCCCCCCC. The van der Waals surface area contributed by atoms with Crippen molar-refractivity contribution in [3.8, 4) is 0 Å². The summed E-state index contributed by atoms with van der Waals surface area (Å²) < 4.78 is 10.9. The summed E-state index contributed by atoms with van der Waals surface area (Å²) in [7, 11) is 0. The van der Waals surface area contributed by atoms with E-state index in [1.54, 1.807) is 0 Å². The van der Waals surface area contributed by atoms with E-state index < -0.39 is 6.10 Å². The lowest BCUT2D eigenvalue weighted by molar-refractivity contribution is -0.154. The number of esters is 1. The lowest BCUT2D eigenvalue weighted by atomic mass is 10.1. The summed E-state index contributed by atoms with van der Waals surface area (Å²) in [6.07, 6.45) is 16.9. The Bertz CT molecular complexity index is 294. The Morgan fingerprint density at radius 1 is 0.769 bits per heavy atom. The molecule has 0 radical (unpaired) electrons. The zero-order valence-corrected chi connectivity index (χ0v) is 17.5. The van der Waals surface area contributed by atoms with Crippen LogP contribution >= 0.6 is 0 Å². The molecule has 0 aromatic rings. The predicted molar refractivity (Wildman–Crippen MR) is 108 cm³/mol. The van der Waals surface area contributed by atoms with Crippen molar-refractivity contribution in [3.05, 3.63) is 0 Å². The van der Waals surface area contributed by atoms with Crippen LogP contribution in [0.1, 0.15) is 110 Å². The first-order valence-corrected chi connectivity index (χ1v) is 11.1. The van der Waals surface area contributed by atoms with Crippen LogP contribution in [0.5, 0.6) is 0 Å². The van der Waals surface area contributed by atoms with Gasteiger partial charge < -0.3 is 14.6 Å². The van der Waals surface area contributed by atoms with E-state index in [2.05, 4.69) is 13.8 Å². The van der Waals surface area contributed by atoms with Gasteiger partial charge >= 0.3 is 5.97 Å². The Kier molecular flexibility index (Phi) is 20.2. The minimum atomic E-state index is -0.517. The van der Waals surface area contributed by atoms with Gasteiger partial charge in [0.15, 0.2) is 0 Å². The molecule has 0 aliphatic heterocycles. The van der Waals surface area contributed by atoms with E-state index >= 15 is 0 Å². The van der Waals surface area contributed by atoms with E-state index in [1.807, 2.05) is 0 Å². The molecule has 0 bridgehead atoms. The fraction of sp³-hybridized carbons (Fsp3) is 0.955. The highest BCUT2D eigenvalue weighted by Crippen LogP contribution is 2.10. The van der Waals surface area contributed by atoms with E-state index in [1.165, 1.54) is 70.6 Å². The largest absolute Gasteiger partial charge is 0.457 e. The molecular formula is C22H44O4. The number of rotatable bonds is 20. The number of unbranched alkanes of at least 4 members (excludes halogenated alkanes) is 12. The van der Waals surface area contributed by atoms with Gasteiger partial charge in [-0.1, -0.05) is 90.9 Å². The van der Waals surface area contributed by atoms with Crippen molar-refractivity contribution in [3.63, 3.8) is 0 Å². The van der Waals surface area contributed by atoms with Crippen LogP contribution in [0.25, 0.3) is 0 Å². The zero-order valence-electron chi connectivity index (χ0n) is 17.5. The number of aliphatic hydroxyl groups is 1. The molecule has 1 N–H and O–H groups in total. The normalized spacial score (nSPS) is 12.3. The minimum Gasteiger partial charge on any atom is -0.457 e. The maximum atomic E-state index is 11.8. The highest BCUT2D eigenvalue weighted by atomic mass is 16.6. The third kappa shape index (κ3) is 18.2. The van der Waals surface area contributed by atoms with E-state index in [0.29, 0.717) is 19.6 Å². The second kappa shape index (κ2) is 20.7. The Labute approximate surface area is 162 Å². The molecule has 0 aliphatic carbocycles. The molecule has 0 fully saturated rings. The van der Waals surface area contributed by atoms with Crippen LogP contribution < -0.4 is 0 Å². The average Bonchev–Trinajstić information content (AvgIpc) is 2.65. The van der Waals surface area contributed by atoms with Crippen LogP contribution in [-0.4, -0.2) is 37.0 Å². The van der Waals surface area contributed by atoms with Gasteiger partial charge in [-0.3, -0.25) is 4.79 Å². The average molecular weight is 373 g/mol. The van der Waals surface area contributed by atoms with Crippen LogP contribution in [0.3, 0.4) is 0 Å². The first kappa shape index (κ1) is 25.4. The summed E-state index contributed by atoms with van der Waals surface area (Å²) >= 11 is 0. The Morgan fingerprint density at radius 3 is 1.81 bits per heavy atom. The molecule has 156 valence electrons. The molecule has 0 aromatic heterocycles. The molecule has 0 heterocycles. The van der Waals surface area contributed by atoms with Gasteiger partial charge in [-0.05, 0) is 12.8 Å². The van der Waals surface area contributed by atoms with Gasteiger partial charge in [-0.25, -0.2) is 0 Å². The molecule has 1 atom stereocenters. The smallest absolute Gasteiger partial charge is 0.306 e. The molecule has 4 nitrogen and oxygen atoms in total. The van der Waals surface area contributed by atoms with Gasteiger partial charge in [0.1, 0.15) is 6.10 Å². The summed E-state index contributed by atoms with van der Waals surface area (Å²) in [5.41, 5.74) is 0. The molecule has 0 rings (SSSR count). The standard InChI is InChI=1S/C22H44O4/c1-3-5-7-9-11-12-13-15-17-22(24)26-21(19-23)20-25-18-16-14-10-8-6-4-2/h21,23H,3-20H2,1-2H3. The topological polar surface area (TPSA) is 55.8 Å². The summed E-state index contributed by atoms with van der Waals surface area (Å²) in [6, 6.07) is 0. The van der Waals surface area contributed by atoms with E-state index in [0.717, 1.165) is 19.3 Å². The lowest BCUT2D eigenvalue weighted by Crippen LogP contribution is -2.27. The van der Waals surface area contributed by atoms with Gasteiger partial charge in [-0.2, -0.15) is 0 Å². The summed E-state index contributed by atoms with van der Waals surface area (Å²) in [6.45, 7) is 5.26. The van der Waals surface area contributed by atoms with Crippen molar-refractivity contribution in [2.75, 3.05) is 19.8 Å². The number of carbonyl (C=O) groups is 1. The van der Waals surface area contributed by atoms with Gasteiger partial charge in [0.05, 0.1) is 13.2 Å². The molecule has 26 heavy (non-hydrogen) atoms. The Morgan fingerprint density at radius 2 is 1.27 bits per heavy atom. The molecule has 0 aliphatic rings. The highest BCUT2D eigenvalue weighted by Gasteiger charge is 2.13. The van der Waals surface area contributed by atoms with Crippen LogP contribution in [0.4, 0.5) is 0 Å². The maximum absolute atomic E-state index is 11.8. The molecule has 4 heteroatoms. The lowest BCUT2D eigenvalue weighted by Gasteiger charge is -2.15. The Balaban J connectivity index is 3.49. The molecule has 0 saturated carbocycles. The first-order chi connectivity index (χ1) is 12.7. The van der Waals surface area contributed by atoms with Gasteiger partial charge in [0.2, 0.25) is 0 Å². The van der Waals surface area contributed by atoms with Crippen molar-refractivity contribution in [1.82, 2.24) is 0 Å². The first-order valence-electron chi connectivity index (χ1n) is 11.1. The maximum Gasteiger partial charge on any atom is 0.306 e. The van der Waals surface area contributed by atoms with E-state index in [4.69, 9.17) is 9.47 Å². The summed E-state index contributed by atoms with van der Waals surface area (Å²) in [4.78, 5) is 11.8. The van der Waals surface area contributed by atoms with Crippen molar-refractivity contribution >= 4 is 5.97 Å². The number of aliphatic hydroxyl groups excluding tert-OH is 1. The van der Waals surface area contributed by atoms with Crippen LogP contribution in [-0.2, 0) is 14.3 Å². The molecule has 1 unspecified atom stereocenters. The molecule has 0 amide bonds. The quantitative estimate of drug-likeness (QED) is 0.217. The second-order valence-corrected chi connectivity index (χ2v) is 7.36. The van der Waals surface area contributed by atoms with E-state index in [9.17, 15) is 9.90 Å². The van der Waals surface area contributed by atoms with Crippen LogP contribution in [0.15, 0.2) is 0 Å². The Hall–Kier alpha value is -0.610. The highest BCUT2D eigenvalue weighted by molar-refractivity contribution is 5.69. The number of carbonyl (C=O) groups excluding carboxylic acids is 1. The second-order valence-electron chi connectivity index (χ2n) is 7.36. The van der Waals surface area contributed by atoms with Crippen LogP contribution in [0, 0.1) is 0 Å². The molecule has 0 spiro atoms. The summed E-state index contributed by atoms with van der Waals surface area (Å²) in [5.74, 6) is -0.210. The number of hydrogen-bond acceptors (Lipinski definition) is 4. The number of hydrogen-bond donors (Lipinski definition) is 1. The predicted octanol–water partition coefficient (Wildman–Crippen LogP) is 5.80. The fourth-order valence-corrected chi connectivity index (χ4v) is 2.97. The fourth-order valence-electron chi connectivity index (χ4n) is 2.97. The van der Waals surface area contributed by atoms with E-state index in [-0.39, 0.29) is 12.6 Å². The molecule has 0 aromatic carbocycles. The molecule has 0 saturated heterocycles. The van der Waals surface area contributed by atoms with Crippen LogP contribution in [0.2, 0.25) is 0 Å². The monoisotopic (exact) mass is 372 g/mol. The number of ether oxygens (including phenoxy) is 2. The van der Waals surface area contributed by atoms with Gasteiger partial charge in [0, 0.05) is 13.0 Å². The van der Waals surface area contributed by atoms with Gasteiger partial charge in [-0.15, -0.1) is 0 Å². The minimum absolute atomic E-state index is 0.167. The third-order valence-corrected chi connectivity index (χ3v) is 4.68. The van der Waals surface area contributed by atoms with Crippen molar-refractivity contribution in [1.29, 1.82) is 0 Å². The van der Waals surface area contributed by atoms with Crippen molar-refractivity contribution in [2.24, 2.45) is 0 Å². The van der Waals surface area contributed by atoms with Crippen molar-refractivity contribution < 1.29 is 19.4 Å². The third-order valence-electron chi connectivity index (χ3n) is 4.68. The molecular weight excluding hydrogens is 328 g/mol. The summed E-state index contributed by atoms with van der Waals surface area (Å²) in [5, 5.41) is 9.33. The van der Waals surface area contributed by atoms with Crippen molar-refractivity contribution in [2.45, 2.75) is 116 Å².